The number of carboxylic acids is 1. The van der Waals surface area contributed by atoms with Crippen LogP contribution in [-0.2, 0) is 4.79 Å². The van der Waals surface area contributed by atoms with E-state index in [2.05, 4.69) is 16.9 Å². The van der Waals surface area contributed by atoms with Crippen LogP contribution in [0.1, 0.15) is 11.7 Å². The largest absolute Gasteiger partial charge is 0.480 e. The maximum absolute atomic E-state index is 10.8. The topological polar surface area (TPSA) is 65.1 Å². The van der Waals surface area contributed by atoms with E-state index >= 15 is 0 Å². The summed E-state index contributed by atoms with van der Waals surface area (Å²) in [4.78, 5) is 13.6. The first-order chi connectivity index (χ1) is 6.25. The van der Waals surface area contributed by atoms with Crippen molar-refractivity contribution < 1.29 is 9.90 Å². The molecule has 0 spiro atoms. The minimum Gasteiger partial charge on any atom is -0.480 e. The number of aromatic amines is 1. The molecule has 0 bridgehead atoms. The van der Waals surface area contributed by atoms with Gasteiger partial charge in [-0.1, -0.05) is 6.08 Å². The Bertz CT molecular complexity index is 280. The maximum atomic E-state index is 10.8. The number of carboxylic acid groups (broad SMARTS) is 1. The molecule has 0 amide bonds. The van der Waals surface area contributed by atoms with Gasteiger partial charge in [-0.25, -0.2) is 0 Å². The van der Waals surface area contributed by atoms with Crippen molar-refractivity contribution in [1.29, 1.82) is 0 Å². The van der Waals surface area contributed by atoms with Crippen molar-refractivity contribution in [2.24, 2.45) is 0 Å². The van der Waals surface area contributed by atoms with Gasteiger partial charge in [0.15, 0.2) is 0 Å². The average Bonchev–Trinajstić information content (AvgIpc) is 2.57. The lowest BCUT2D eigenvalue weighted by molar-refractivity contribution is -0.139. The van der Waals surface area contributed by atoms with E-state index in [4.69, 9.17) is 5.11 Å². The first-order valence-corrected chi connectivity index (χ1v) is 3.96. The quantitative estimate of drug-likeness (QED) is 0.590. The molecule has 13 heavy (non-hydrogen) atoms. The third kappa shape index (κ3) is 2.45. The molecule has 70 valence electrons. The lowest BCUT2D eigenvalue weighted by Crippen LogP contribution is -2.28. The van der Waals surface area contributed by atoms with Gasteiger partial charge in [-0.15, -0.1) is 6.58 Å². The third-order valence-electron chi connectivity index (χ3n) is 1.65. The first kappa shape index (κ1) is 9.54. The summed E-state index contributed by atoms with van der Waals surface area (Å²) < 4.78 is 0. The van der Waals surface area contributed by atoms with E-state index in [-0.39, 0.29) is 0 Å². The van der Waals surface area contributed by atoms with Crippen molar-refractivity contribution in [3.8, 4) is 0 Å². The molecule has 4 nitrogen and oxygen atoms in total. The van der Waals surface area contributed by atoms with Gasteiger partial charge in [0, 0.05) is 18.4 Å². The molecule has 0 aliphatic carbocycles. The van der Waals surface area contributed by atoms with Crippen LogP contribution in [0.4, 0.5) is 0 Å². The minimum absolute atomic E-state index is 0.468. The highest BCUT2D eigenvalue weighted by Gasteiger charge is 2.18. The van der Waals surface area contributed by atoms with Crippen LogP contribution in [0.3, 0.4) is 0 Å². The van der Waals surface area contributed by atoms with Gasteiger partial charge in [-0.3, -0.25) is 10.1 Å². The molecule has 4 heteroatoms. The molecule has 1 aromatic rings. The number of hydrogen-bond acceptors (Lipinski definition) is 2. The molecule has 0 aliphatic rings. The van der Waals surface area contributed by atoms with E-state index in [9.17, 15) is 4.79 Å². The fourth-order valence-corrected chi connectivity index (χ4v) is 1.06. The predicted molar refractivity (Wildman–Crippen MR) is 49.4 cm³/mol. The van der Waals surface area contributed by atoms with Gasteiger partial charge < -0.3 is 10.1 Å². The molecule has 0 saturated carbocycles. The highest BCUT2D eigenvalue weighted by atomic mass is 16.4. The van der Waals surface area contributed by atoms with Crippen molar-refractivity contribution in [1.82, 2.24) is 10.3 Å². The Kier molecular flexibility index (Phi) is 3.28. The molecule has 1 rings (SSSR count). The summed E-state index contributed by atoms with van der Waals surface area (Å²) in [5.74, 6) is -0.899. The van der Waals surface area contributed by atoms with Crippen LogP contribution >= 0.6 is 0 Å². The molecule has 0 aliphatic heterocycles. The van der Waals surface area contributed by atoms with Crippen LogP contribution in [0.25, 0.3) is 0 Å². The van der Waals surface area contributed by atoms with Crippen molar-refractivity contribution in [3.63, 3.8) is 0 Å². The predicted octanol–water partition coefficient (Wildman–Crippen LogP) is 0.916. The zero-order chi connectivity index (χ0) is 9.68. The molecule has 1 heterocycles. The number of aromatic nitrogens is 1. The SMILES string of the molecule is C=CCNC(C(=O)O)c1ccc[nH]1. The normalized spacial score (nSPS) is 12.3. The number of carbonyl (C=O) groups is 1. The summed E-state index contributed by atoms with van der Waals surface area (Å²) in [7, 11) is 0. The van der Waals surface area contributed by atoms with Crippen LogP contribution in [0.5, 0.6) is 0 Å². The molecule has 0 radical (unpaired) electrons. The van der Waals surface area contributed by atoms with Crippen molar-refractivity contribution in [2.45, 2.75) is 6.04 Å². The Labute approximate surface area is 76.3 Å². The van der Waals surface area contributed by atoms with Crippen LogP contribution in [0.2, 0.25) is 0 Å². The van der Waals surface area contributed by atoms with Crippen molar-refractivity contribution >= 4 is 5.97 Å². The van der Waals surface area contributed by atoms with Gasteiger partial charge in [0.25, 0.3) is 0 Å². The number of rotatable bonds is 5. The summed E-state index contributed by atoms with van der Waals surface area (Å²) >= 11 is 0. The highest BCUT2D eigenvalue weighted by Crippen LogP contribution is 2.09. The summed E-state index contributed by atoms with van der Waals surface area (Å²) in [6.45, 7) is 3.98. The second kappa shape index (κ2) is 4.47. The molecular formula is C9H12N2O2. The lowest BCUT2D eigenvalue weighted by atomic mass is 10.2. The summed E-state index contributed by atoms with van der Waals surface area (Å²) in [6.07, 6.45) is 3.32. The average molecular weight is 180 g/mol. The fourth-order valence-electron chi connectivity index (χ4n) is 1.06. The lowest BCUT2D eigenvalue weighted by Gasteiger charge is -2.10. The van der Waals surface area contributed by atoms with Gasteiger partial charge in [-0.05, 0) is 12.1 Å². The molecule has 1 aromatic heterocycles. The Morgan fingerprint density at radius 2 is 2.62 bits per heavy atom. The number of aliphatic carboxylic acids is 1. The molecule has 0 saturated heterocycles. The summed E-state index contributed by atoms with van der Waals surface area (Å²) in [5, 5.41) is 11.7. The second-order valence-electron chi connectivity index (χ2n) is 2.59. The molecule has 0 aromatic carbocycles. The highest BCUT2D eigenvalue weighted by molar-refractivity contribution is 5.74. The summed E-state index contributed by atoms with van der Waals surface area (Å²) in [5.41, 5.74) is 0.648. The molecule has 1 unspecified atom stereocenters. The Morgan fingerprint density at radius 1 is 1.85 bits per heavy atom. The Balaban J connectivity index is 2.68. The standard InChI is InChI=1S/C9H12N2O2/c1-2-5-11-8(9(12)13)7-4-3-6-10-7/h2-4,6,8,10-11H,1,5H2,(H,12,13). The van der Waals surface area contributed by atoms with Crippen LogP contribution in [0.15, 0.2) is 31.0 Å². The smallest absolute Gasteiger partial charge is 0.326 e. The fraction of sp³-hybridized carbons (Fsp3) is 0.222. The molecule has 0 fully saturated rings. The zero-order valence-electron chi connectivity index (χ0n) is 7.16. The first-order valence-electron chi connectivity index (χ1n) is 3.96. The van der Waals surface area contributed by atoms with E-state index in [1.165, 1.54) is 0 Å². The number of H-pyrrole nitrogens is 1. The van der Waals surface area contributed by atoms with Gasteiger partial charge in [0.05, 0.1) is 0 Å². The van der Waals surface area contributed by atoms with E-state index in [0.29, 0.717) is 12.2 Å². The Morgan fingerprint density at radius 3 is 3.08 bits per heavy atom. The van der Waals surface area contributed by atoms with Gasteiger partial charge >= 0.3 is 5.97 Å². The maximum Gasteiger partial charge on any atom is 0.326 e. The molecule has 1 atom stereocenters. The van der Waals surface area contributed by atoms with Gasteiger partial charge in [-0.2, -0.15) is 0 Å². The molecule has 3 N–H and O–H groups in total. The van der Waals surface area contributed by atoms with E-state index < -0.39 is 12.0 Å². The van der Waals surface area contributed by atoms with E-state index in [1.54, 1.807) is 24.4 Å². The molecular weight excluding hydrogens is 168 g/mol. The van der Waals surface area contributed by atoms with E-state index in [0.717, 1.165) is 0 Å². The summed E-state index contributed by atoms with van der Waals surface area (Å²) in [6, 6.07) is 2.81. The number of nitrogens with one attached hydrogen (secondary N) is 2. The zero-order valence-corrected chi connectivity index (χ0v) is 7.16. The van der Waals surface area contributed by atoms with Crippen LogP contribution in [0, 0.1) is 0 Å². The third-order valence-corrected chi connectivity index (χ3v) is 1.65. The minimum atomic E-state index is -0.899. The van der Waals surface area contributed by atoms with E-state index in [1.807, 2.05) is 0 Å². The van der Waals surface area contributed by atoms with Crippen LogP contribution in [-0.4, -0.2) is 22.6 Å². The van der Waals surface area contributed by atoms with Crippen LogP contribution < -0.4 is 5.32 Å². The monoisotopic (exact) mass is 180 g/mol. The van der Waals surface area contributed by atoms with Gasteiger partial charge in [0.2, 0.25) is 0 Å². The van der Waals surface area contributed by atoms with Crippen molar-refractivity contribution in [2.75, 3.05) is 6.54 Å². The number of hydrogen-bond donors (Lipinski definition) is 3. The van der Waals surface area contributed by atoms with Crippen molar-refractivity contribution in [3.05, 3.63) is 36.7 Å². The Hall–Kier alpha value is -1.55. The van der Waals surface area contributed by atoms with Gasteiger partial charge in [0.1, 0.15) is 6.04 Å². The second-order valence-corrected chi connectivity index (χ2v) is 2.59.